The first-order chi connectivity index (χ1) is 13.1. The van der Waals surface area contributed by atoms with Gasteiger partial charge in [0.15, 0.2) is 5.96 Å². The highest BCUT2D eigenvalue weighted by Gasteiger charge is 2.43. The summed E-state index contributed by atoms with van der Waals surface area (Å²) in [6, 6.07) is 3.99. The SMILES string of the molecule is CN=C(NC1CC1c1c(F)cccc1F)N1CCOC(c2cnn(C)c2)C1. The molecule has 1 aliphatic heterocycles. The molecule has 1 N–H and O–H groups in total. The summed E-state index contributed by atoms with van der Waals surface area (Å²) in [6.07, 6.45) is 4.36. The van der Waals surface area contributed by atoms with Crippen molar-refractivity contribution in [3.05, 3.63) is 53.4 Å². The van der Waals surface area contributed by atoms with Gasteiger partial charge in [-0.25, -0.2) is 8.78 Å². The predicted octanol–water partition coefficient (Wildman–Crippen LogP) is 2.20. The minimum atomic E-state index is -0.484. The number of aliphatic imine (C=N–C) groups is 1. The molecule has 0 spiro atoms. The van der Waals surface area contributed by atoms with E-state index in [1.807, 2.05) is 19.4 Å². The van der Waals surface area contributed by atoms with Gasteiger partial charge in [-0.1, -0.05) is 6.07 Å². The normalized spacial score (nSPS) is 25.6. The third kappa shape index (κ3) is 3.66. The van der Waals surface area contributed by atoms with Gasteiger partial charge in [0.2, 0.25) is 0 Å². The molecule has 1 saturated heterocycles. The maximum Gasteiger partial charge on any atom is 0.194 e. The van der Waals surface area contributed by atoms with Crippen LogP contribution in [0.3, 0.4) is 0 Å². The van der Waals surface area contributed by atoms with Gasteiger partial charge in [0.1, 0.15) is 17.7 Å². The van der Waals surface area contributed by atoms with Crippen molar-refractivity contribution in [2.24, 2.45) is 12.0 Å². The summed E-state index contributed by atoms with van der Waals surface area (Å²) >= 11 is 0. The van der Waals surface area contributed by atoms with Crippen molar-refractivity contribution in [3.8, 4) is 0 Å². The number of aryl methyl sites for hydroxylation is 1. The van der Waals surface area contributed by atoms with Crippen LogP contribution < -0.4 is 5.32 Å². The summed E-state index contributed by atoms with van der Waals surface area (Å²) in [7, 11) is 3.59. The molecule has 2 fully saturated rings. The van der Waals surface area contributed by atoms with Gasteiger partial charge in [-0.3, -0.25) is 9.67 Å². The highest BCUT2D eigenvalue weighted by atomic mass is 19.1. The molecule has 0 bridgehead atoms. The number of rotatable bonds is 3. The number of nitrogens with one attached hydrogen (secondary N) is 1. The molecule has 3 atom stereocenters. The number of guanidine groups is 1. The molecular formula is C19H23F2N5O. The molecule has 0 amide bonds. The molecule has 8 heteroatoms. The zero-order valence-corrected chi connectivity index (χ0v) is 15.4. The lowest BCUT2D eigenvalue weighted by molar-refractivity contribution is -0.00806. The third-order valence-electron chi connectivity index (χ3n) is 5.15. The Kier molecular flexibility index (Phi) is 4.82. The lowest BCUT2D eigenvalue weighted by Crippen LogP contribution is -2.49. The Morgan fingerprint density at radius 1 is 1.33 bits per heavy atom. The summed E-state index contributed by atoms with van der Waals surface area (Å²) in [5.74, 6) is -0.404. The maximum absolute atomic E-state index is 14.0. The van der Waals surface area contributed by atoms with Crippen LogP contribution in [-0.4, -0.2) is 53.4 Å². The molecule has 1 aromatic carbocycles. The van der Waals surface area contributed by atoms with E-state index in [1.165, 1.54) is 18.2 Å². The first kappa shape index (κ1) is 17.9. The van der Waals surface area contributed by atoms with E-state index in [2.05, 4.69) is 20.3 Å². The van der Waals surface area contributed by atoms with Gasteiger partial charge in [0.05, 0.1) is 19.3 Å². The van der Waals surface area contributed by atoms with E-state index in [0.29, 0.717) is 26.1 Å². The quantitative estimate of drug-likeness (QED) is 0.660. The summed E-state index contributed by atoms with van der Waals surface area (Å²) in [6.45, 7) is 1.94. The Balaban J connectivity index is 1.41. The van der Waals surface area contributed by atoms with Gasteiger partial charge < -0.3 is 15.0 Å². The average molecular weight is 375 g/mol. The smallest absolute Gasteiger partial charge is 0.194 e. The van der Waals surface area contributed by atoms with Crippen LogP contribution in [0.4, 0.5) is 8.78 Å². The first-order valence-corrected chi connectivity index (χ1v) is 9.09. The molecule has 2 aromatic rings. The van der Waals surface area contributed by atoms with E-state index < -0.39 is 11.6 Å². The van der Waals surface area contributed by atoms with Gasteiger partial charge in [0.25, 0.3) is 0 Å². The molecule has 27 heavy (non-hydrogen) atoms. The molecule has 4 rings (SSSR count). The highest BCUT2D eigenvalue weighted by Crippen LogP contribution is 2.43. The van der Waals surface area contributed by atoms with Crippen LogP contribution in [0.5, 0.6) is 0 Å². The van der Waals surface area contributed by atoms with Crippen LogP contribution in [0.2, 0.25) is 0 Å². The number of ether oxygens (including phenoxy) is 1. The fraction of sp³-hybridized carbons (Fsp3) is 0.474. The van der Waals surface area contributed by atoms with Crippen molar-refractivity contribution in [1.82, 2.24) is 20.0 Å². The standard InChI is InChI=1S/C19H23F2N5O/c1-22-19(24-16-8-13(16)18-14(20)4-3-5-15(18)21)26-6-7-27-17(11-26)12-9-23-25(2)10-12/h3-5,9-10,13,16-17H,6-8,11H2,1-2H3,(H,22,24). The Labute approximate surface area is 156 Å². The van der Waals surface area contributed by atoms with Crippen molar-refractivity contribution in [1.29, 1.82) is 0 Å². The second-order valence-electron chi connectivity index (χ2n) is 7.03. The highest BCUT2D eigenvalue weighted by molar-refractivity contribution is 5.81. The second kappa shape index (κ2) is 7.26. The fourth-order valence-corrected chi connectivity index (χ4v) is 3.65. The molecule has 1 saturated carbocycles. The molecule has 1 aliphatic carbocycles. The van der Waals surface area contributed by atoms with Crippen LogP contribution in [0.15, 0.2) is 35.6 Å². The number of morpholine rings is 1. The molecular weight excluding hydrogens is 352 g/mol. The van der Waals surface area contributed by atoms with Gasteiger partial charge in [-0.05, 0) is 18.6 Å². The summed E-state index contributed by atoms with van der Waals surface area (Å²) < 4.78 is 35.6. The van der Waals surface area contributed by atoms with Crippen LogP contribution >= 0.6 is 0 Å². The van der Waals surface area contributed by atoms with Crippen LogP contribution in [-0.2, 0) is 11.8 Å². The second-order valence-corrected chi connectivity index (χ2v) is 7.03. The van der Waals surface area contributed by atoms with Crippen LogP contribution in [0.25, 0.3) is 0 Å². The molecule has 144 valence electrons. The predicted molar refractivity (Wildman–Crippen MR) is 97.5 cm³/mol. The maximum atomic E-state index is 14.0. The molecule has 1 aromatic heterocycles. The topological polar surface area (TPSA) is 54.7 Å². The lowest BCUT2D eigenvalue weighted by atomic mass is 10.1. The summed E-state index contributed by atoms with van der Waals surface area (Å²) in [4.78, 5) is 6.49. The van der Waals surface area contributed by atoms with Gasteiger partial charge in [-0.2, -0.15) is 5.10 Å². The van der Waals surface area contributed by atoms with Crippen molar-refractivity contribution in [3.63, 3.8) is 0 Å². The van der Waals surface area contributed by atoms with E-state index >= 15 is 0 Å². The van der Waals surface area contributed by atoms with Crippen LogP contribution in [0, 0.1) is 11.6 Å². The number of nitrogens with zero attached hydrogens (tertiary/aromatic N) is 4. The fourth-order valence-electron chi connectivity index (χ4n) is 3.65. The Morgan fingerprint density at radius 2 is 2.11 bits per heavy atom. The number of benzene rings is 1. The van der Waals surface area contributed by atoms with Crippen molar-refractivity contribution < 1.29 is 13.5 Å². The third-order valence-corrected chi connectivity index (χ3v) is 5.15. The van der Waals surface area contributed by atoms with Crippen molar-refractivity contribution in [2.75, 3.05) is 26.7 Å². The minimum Gasteiger partial charge on any atom is -0.370 e. The largest absolute Gasteiger partial charge is 0.370 e. The van der Waals surface area contributed by atoms with Crippen molar-refractivity contribution in [2.45, 2.75) is 24.5 Å². The van der Waals surface area contributed by atoms with E-state index in [1.54, 1.807) is 11.7 Å². The number of aromatic nitrogens is 2. The first-order valence-electron chi connectivity index (χ1n) is 9.09. The molecule has 6 nitrogen and oxygen atoms in total. The van der Waals surface area contributed by atoms with E-state index in [9.17, 15) is 8.78 Å². The molecule has 0 radical (unpaired) electrons. The Morgan fingerprint density at radius 3 is 2.78 bits per heavy atom. The Hall–Kier alpha value is -2.48. The number of hydrogen-bond acceptors (Lipinski definition) is 3. The number of halogens is 2. The summed E-state index contributed by atoms with van der Waals surface area (Å²) in [5.41, 5.74) is 1.19. The number of hydrogen-bond donors (Lipinski definition) is 1. The van der Waals surface area contributed by atoms with Crippen LogP contribution in [0.1, 0.15) is 29.6 Å². The van der Waals surface area contributed by atoms with E-state index in [0.717, 1.165) is 11.5 Å². The zero-order chi connectivity index (χ0) is 19.0. The monoisotopic (exact) mass is 375 g/mol. The van der Waals surface area contributed by atoms with E-state index in [-0.39, 0.29) is 23.6 Å². The van der Waals surface area contributed by atoms with Gasteiger partial charge >= 0.3 is 0 Å². The lowest BCUT2D eigenvalue weighted by Gasteiger charge is -2.34. The molecule has 2 heterocycles. The van der Waals surface area contributed by atoms with E-state index in [4.69, 9.17) is 4.74 Å². The van der Waals surface area contributed by atoms with Gasteiger partial charge in [-0.15, -0.1) is 0 Å². The molecule has 3 unspecified atom stereocenters. The van der Waals surface area contributed by atoms with Crippen molar-refractivity contribution >= 4 is 5.96 Å². The Bertz CT molecular complexity index is 832. The summed E-state index contributed by atoms with van der Waals surface area (Å²) in [5, 5.41) is 7.56. The van der Waals surface area contributed by atoms with Gasteiger partial charge in [0, 0.05) is 49.9 Å². The molecule has 2 aliphatic rings. The minimum absolute atomic E-state index is 0.0187. The zero-order valence-electron chi connectivity index (χ0n) is 15.4. The average Bonchev–Trinajstić information content (AvgIpc) is 3.27.